The number of aliphatic carboxylic acids is 1. The van der Waals surface area contributed by atoms with Crippen molar-refractivity contribution in [2.75, 3.05) is 6.54 Å². The van der Waals surface area contributed by atoms with Gasteiger partial charge < -0.3 is 5.11 Å². The summed E-state index contributed by atoms with van der Waals surface area (Å²) >= 11 is 0. The zero-order valence-corrected chi connectivity index (χ0v) is 12.6. The Hall–Kier alpha value is -1.68. The van der Waals surface area contributed by atoms with E-state index in [1.165, 1.54) is 31.1 Å². The second-order valence-corrected chi connectivity index (χ2v) is 5.98. The molecule has 1 fully saturated rings. The van der Waals surface area contributed by atoms with Crippen molar-refractivity contribution in [1.29, 1.82) is 0 Å². The first-order chi connectivity index (χ1) is 9.95. The molecule has 1 aliphatic carbocycles. The van der Waals surface area contributed by atoms with Gasteiger partial charge in [-0.15, -0.1) is 0 Å². The fourth-order valence-electron chi connectivity index (χ4n) is 2.33. The van der Waals surface area contributed by atoms with Crippen LogP contribution < -0.4 is 0 Å². The molecule has 0 saturated heterocycles. The van der Waals surface area contributed by atoms with Crippen LogP contribution >= 0.6 is 0 Å². The van der Waals surface area contributed by atoms with E-state index < -0.39 is 5.97 Å². The maximum Gasteiger partial charge on any atom is 0.328 e. The lowest BCUT2D eigenvalue weighted by atomic mass is 10.1. The van der Waals surface area contributed by atoms with Crippen molar-refractivity contribution in [2.24, 2.45) is 5.92 Å². The first-order valence-corrected chi connectivity index (χ1v) is 7.39. The van der Waals surface area contributed by atoms with Gasteiger partial charge in [-0.2, -0.15) is 0 Å². The Morgan fingerprint density at radius 2 is 2.19 bits per heavy atom. The Morgan fingerprint density at radius 3 is 2.76 bits per heavy atom. The predicted octanol–water partition coefficient (Wildman–Crippen LogP) is 3.54. The fraction of sp³-hybridized carbons (Fsp3) is 0.471. The summed E-state index contributed by atoms with van der Waals surface area (Å²) in [5.41, 5.74) is 1.60. The van der Waals surface area contributed by atoms with Gasteiger partial charge in [0.2, 0.25) is 0 Å². The van der Waals surface area contributed by atoms with Crippen molar-refractivity contribution in [1.82, 2.24) is 4.90 Å². The van der Waals surface area contributed by atoms with Crippen molar-refractivity contribution >= 4 is 12.0 Å². The van der Waals surface area contributed by atoms with Gasteiger partial charge >= 0.3 is 5.97 Å². The molecular formula is C17H22FNO2. The molecule has 0 aromatic heterocycles. The SMILES string of the molecule is CC(C)N(Cc1ccc(F)cc1C=CC(=O)O)CC1CC1. The summed E-state index contributed by atoms with van der Waals surface area (Å²) in [5, 5.41) is 8.74. The molecule has 1 aliphatic rings. The maximum absolute atomic E-state index is 13.4. The van der Waals surface area contributed by atoms with E-state index in [9.17, 15) is 9.18 Å². The molecule has 0 unspecified atom stereocenters. The molecule has 114 valence electrons. The number of hydrogen-bond donors (Lipinski definition) is 1. The molecule has 0 amide bonds. The van der Waals surface area contributed by atoms with Gasteiger partial charge in [0, 0.05) is 25.2 Å². The number of carboxylic acid groups (broad SMARTS) is 1. The highest BCUT2D eigenvalue weighted by Crippen LogP contribution is 2.31. The predicted molar refractivity (Wildman–Crippen MR) is 81.3 cm³/mol. The zero-order chi connectivity index (χ0) is 15.4. The van der Waals surface area contributed by atoms with Gasteiger partial charge in [0.25, 0.3) is 0 Å². The van der Waals surface area contributed by atoms with Crippen LogP contribution in [0.2, 0.25) is 0 Å². The highest BCUT2D eigenvalue weighted by Gasteiger charge is 2.25. The average Bonchev–Trinajstić information content (AvgIpc) is 3.21. The monoisotopic (exact) mass is 291 g/mol. The Bertz CT molecular complexity index is 536. The first-order valence-electron chi connectivity index (χ1n) is 7.39. The van der Waals surface area contributed by atoms with Crippen LogP contribution in [0.25, 0.3) is 6.08 Å². The standard InChI is InChI=1S/C17H22FNO2/c1-12(2)19(10-13-3-4-13)11-15-5-7-16(18)9-14(15)6-8-17(20)21/h5-9,12-13H,3-4,10-11H2,1-2H3,(H,20,21). The molecule has 4 heteroatoms. The van der Waals surface area contributed by atoms with Crippen molar-refractivity contribution in [2.45, 2.75) is 39.3 Å². The highest BCUT2D eigenvalue weighted by molar-refractivity contribution is 5.85. The van der Waals surface area contributed by atoms with Crippen LogP contribution in [-0.2, 0) is 11.3 Å². The Morgan fingerprint density at radius 1 is 1.48 bits per heavy atom. The minimum absolute atomic E-state index is 0.345. The van der Waals surface area contributed by atoms with Crippen molar-refractivity contribution in [3.05, 3.63) is 41.2 Å². The molecule has 0 aliphatic heterocycles. The van der Waals surface area contributed by atoms with Gasteiger partial charge in [-0.3, -0.25) is 4.90 Å². The molecule has 0 heterocycles. The molecule has 1 N–H and O–H groups in total. The van der Waals surface area contributed by atoms with Gasteiger partial charge in [-0.05, 0) is 61.9 Å². The summed E-state index contributed by atoms with van der Waals surface area (Å²) in [5.74, 6) is -0.586. The lowest BCUT2D eigenvalue weighted by molar-refractivity contribution is -0.131. The smallest absolute Gasteiger partial charge is 0.328 e. The number of halogens is 1. The number of hydrogen-bond acceptors (Lipinski definition) is 2. The number of carboxylic acids is 1. The third-order valence-corrected chi connectivity index (χ3v) is 3.81. The normalized spacial score (nSPS) is 15.3. The second kappa shape index (κ2) is 6.85. The lowest BCUT2D eigenvalue weighted by Gasteiger charge is -2.27. The first kappa shape index (κ1) is 15.7. The van der Waals surface area contributed by atoms with E-state index in [1.54, 1.807) is 6.07 Å². The molecule has 3 nitrogen and oxygen atoms in total. The molecule has 0 atom stereocenters. The number of carbonyl (C=O) groups is 1. The Kier molecular flexibility index (Phi) is 5.12. The summed E-state index contributed by atoms with van der Waals surface area (Å²) in [6.45, 7) is 6.07. The quantitative estimate of drug-likeness (QED) is 0.781. The summed E-state index contributed by atoms with van der Waals surface area (Å²) in [6, 6.07) is 4.99. The third-order valence-electron chi connectivity index (χ3n) is 3.81. The summed E-state index contributed by atoms with van der Waals surface area (Å²) in [6.07, 6.45) is 5.10. The van der Waals surface area contributed by atoms with Gasteiger partial charge in [-0.1, -0.05) is 6.07 Å². The van der Waals surface area contributed by atoms with E-state index in [0.29, 0.717) is 18.2 Å². The third kappa shape index (κ3) is 4.97. The number of rotatable bonds is 7. The average molecular weight is 291 g/mol. The van der Waals surface area contributed by atoms with E-state index in [4.69, 9.17) is 5.11 Å². The largest absolute Gasteiger partial charge is 0.478 e. The molecular weight excluding hydrogens is 269 g/mol. The Labute approximate surface area is 125 Å². The van der Waals surface area contributed by atoms with Crippen molar-refractivity contribution in [3.8, 4) is 0 Å². The molecule has 1 aromatic carbocycles. The van der Waals surface area contributed by atoms with Crippen LogP contribution in [0.3, 0.4) is 0 Å². The van der Waals surface area contributed by atoms with E-state index >= 15 is 0 Å². The maximum atomic E-state index is 13.4. The lowest BCUT2D eigenvalue weighted by Crippen LogP contribution is -2.32. The van der Waals surface area contributed by atoms with E-state index in [-0.39, 0.29) is 5.82 Å². The summed E-state index contributed by atoms with van der Waals surface area (Å²) in [4.78, 5) is 13.0. The summed E-state index contributed by atoms with van der Waals surface area (Å²) in [7, 11) is 0. The zero-order valence-electron chi connectivity index (χ0n) is 12.6. The highest BCUT2D eigenvalue weighted by atomic mass is 19.1. The van der Waals surface area contributed by atoms with Crippen molar-refractivity contribution < 1.29 is 14.3 Å². The van der Waals surface area contributed by atoms with Crippen LogP contribution in [0.15, 0.2) is 24.3 Å². The van der Waals surface area contributed by atoms with Crippen LogP contribution in [0.4, 0.5) is 4.39 Å². The minimum atomic E-state index is -1.02. The van der Waals surface area contributed by atoms with Crippen LogP contribution in [0.5, 0.6) is 0 Å². The second-order valence-electron chi connectivity index (χ2n) is 5.98. The van der Waals surface area contributed by atoms with Crippen LogP contribution in [0.1, 0.15) is 37.8 Å². The molecule has 0 spiro atoms. The van der Waals surface area contributed by atoms with Crippen LogP contribution in [0, 0.1) is 11.7 Å². The van der Waals surface area contributed by atoms with Crippen molar-refractivity contribution in [3.63, 3.8) is 0 Å². The van der Waals surface area contributed by atoms with Gasteiger partial charge in [-0.25, -0.2) is 9.18 Å². The molecule has 2 rings (SSSR count). The van der Waals surface area contributed by atoms with Crippen LogP contribution in [-0.4, -0.2) is 28.6 Å². The minimum Gasteiger partial charge on any atom is -0.478 e. The van der Waals surface area contributed by atoms with E-state index in [2.05, 4.69) is 18.7 Å². The van der Waals surface area contributed by atoms with Gasteiger partial charge in [0.15, 0.2) is 0 Å². The molecule has 21 heavy (non-hydrogen) atoms. The molecule has 0 radical (unpaired) electrons. The molecule has 1 saturated carbocycles. The van der Waals surface area contributed by atoms with Gasteiger partial charge in [0.05, 0.1) is 0 Å². The Balaban J connectivity index is 2.18. The molecule has 0 bridgehead atoms. The topological polar surface area (TPSA) is 40.5 Å². The number of benzene rings is 1. The fourth-order valence-corrected chi connectivity index (χ4v) is 2.33. The molecule has 1 aromatic rings. The van der Waals surface area contributed by atoms with E-state index in [0.717, 1.165) is 24.1 Å². The van der Waals surface area contributed by atoms with Gasteiger partial charge in [0.1, 0.15) is 5.82 Å². The number of nitrogens with zero attached hydrogens (tertiary/aromatic N) is 1. The summed E-state index contributed by atoms with van der Waals surface area (Å²) < 4.78 is 13.4. The van der Waals surface area contributed by atoms with E-state index in [1.807, 2.05) is 0 Å².